The summed E-state index contributed by atoms with van der Waals surface area (Å²) in [7, 11) is 0. The SMILES string of the molecule is C\C=C(F)/C(F)=C(COCC)/C(C)=C/C=C(\C)C(C)/C=C\C(C)C. The molecule has 1 atom stereocenters. The van der Waals surface area contributed by atoms with Crippen molar-refractivity contribution in [2.45, 2.75) is 48.5 Å². The lowest BCUT2D eigenvalue weighted by Crippen LogP contribution is -2.02. The highest BCUT2D eigenvalue weighted by molar-refractivity contribution is 5.40. The monoisotopic (exact) mass is 338 g/mol. The van der Waals surface area contributed by atoms with E-state index in [1.54, 1.807) is 6.92 Å². The summed E-state index contributed by atoms with van der Waals surface area (Å²) in [5, 5.41) is 0. The third-order valence-corrected chi connectivity index (χ3v) is 3.75. The molecule has 0 saturated carbocycles. The van der Waals surface area contributed by atoms with E-state index >= 15 is 0 Å². The predicted octanol–water partition coefficient (Wildman–Crippen LogP) is 6.86. The third-order valence-electron chi connectivity index (χ3n) is 3.75. The Bertz CT molecular complexity index is 534. The van der Waals surface area contributed by atoms with Crippen LogP contribution in [0.15, 0.2) is 58.8 Å². The van der Waals surface area contributed by atoms with E-state index in [0.717, 1.165) is 11.6 Å². The first-order valence-corrected chi connectivity index (χ1v) is 8.56. The molecule has 0 aliphatic rings. The normalized spacial score (nSPS) is 16.8. The van der Waals surface area contributed by atoms with Gasteiger partial charge in [-0.3, -0.25) is 0 Å². The van der Waals surface area contributed by atoms with E-state index in [9.17, 15) is 8.78 Å². The van der Waals surface area contributed by atoms with Crippen LogP contribution in [0, 0.1) is 11.8 Å². The Morgan fingerprint density at radius 3 is 2.17 bits per heavy atom. The summed E-state index contributed by atoms with van der Waals surface area (Å²) in [6, 6.07) is 0. The molecule has 0 aliphatic heterocycles. The molecule has 0 fully saturated rings. The number of hydrogen-bond acceptors (Lipinski definition) is 1. The van der Waals surface area contributed by atoms with Gasteiger partial charge in [0.2, 0.25) is 0 Å². The van der Waals surface area contributed by atoms with Crippen molar-refractivity contribution < 1.29 is 13.5 Å². The fourth-order valence-corrected chi connectivity index (χ4v) is 1.87. The second-order valence-corrected chi connectivity index (χ2v) is 6.24. The van der Waals surface area contributed by atoms with Crippen molar-refractivity contribution in [2.24, 2.45) is 11.8 Å². The molecule has 0 spiro atoms. The van der Waals surface area contributed by atoms with Crippen LogP contribution in [0.4, 0.5) is 8.78 Å². The van der Waals surface area contributed by atoms with E-state index in [4.69, 9.17) is 4.74 Å². The van der Waals surface area contributed by atoms with Gasteiger partial charge in [-0.15, -0.1) is 0 Å². The summed E-state index contributed by atoms with van der Waals surface area (Å²) < 4.78 is 33.1. The van der Waals surface area contributed by atoms with E-state index in [1.807, 2.05) is 26.0 Å². The maximum absolute atomic E-state index is 14.2. The molecular weight excluding hydrogens is 306 g/mol. The minimum absolute atomic E-state index is 0.0572. The van der Waals surface area contributed by atoms with Crippen molar-refractivity contribution in [3.05, 3.63) is 58.8 Å². The van der Waals surface area contributed by atoms with Crippen LogP contribution in [0.1, 0.15) is 48.5 Å². The van der Waals surface area contributed by atoms with Crippen LogP contribution in [-0.4, -0.2) is 13.2 Å². The first-order valence-electron chi connectivity index (χ1n) is 8.56. The molecule has 0 aromatic carbocycles. The molecule has 0 bridgehead atoms. The fourth-order valence-electron chi connectivity index (χ4n) is 1.87. The highest BCUT2D eigenvalue weighted by Crippen LogP contribution is 2.24. The van der Waals surface area contributed by atoms with Crippen molar-refractivity contribution in [3.8, 4) is 0 Å². The zero-order valence-corrected chi connectivity index (χ0v) is 16.1. The van der Waals surface area contributed by atoms with Crippen LogP contribution >= 0.6 is 0 Å². The zero-order valence-electron chi connectivity index (χ0n) is 16.1. The fraction of sp³-hybridized carbons (Fsp3) is 0.524. The van der Waals surface area contributed by atoms with Gasteiger partial charge in [-0.1, -0.05) is 50.6 Å². The summed E-state index contributed by atoms with van der Waals surface area (Å²) in [5.74, 6) is -0.894. The molecule has 0 heterocycles. The number of halogens is 2. The van der Waals surface area contributed by atoms with Crippen LogP contribution < -0.4 is 0 Å². The summed E-state index contributed by atoms with van der Waals surface area (Å²) in [6.07, 6.45) is 9.23. The predicted molar refractivity (Wildman–Crippen MR) is 100 cm³/mol. The van der Waals surface area contributed by atoms with Gasteiger partial charge in [0.25, 0.3) is 0 Å². The topological polar surface area (TPSA) is 9.23 Å². The number of allylic oxidation sites excluding steroid dienone is 8. The summed E-state index contributed by atoms with van der Waals surface area (Å²) in [4.78, 5) is 0. The lowest BCUT2D eigenvalue weighted by molar-refractivity contribution is 0.170. The van der Waals surface area contributed by atoms with Gasteiger partial charge in [-0.05, 0) is 51.2 Å². The van der Waals surface area contributed by atoms with Crippen molar-refractivity contribution in [3.63, 3.8) is 0 Å². The Kier molecular flexibility index (Phi) is 11.2. The number of hydrogen-bond donors (Lipinski definition) is 0. The second kappa shape index (κ2) is 12.0. The Labute approximate surface area is 146 Å². The molecule has 0 saturated heterocycles. The van der Waals surface area contributed by atoms with Crippen LogP contribution in [-0.2, 0) is 4.74 Å². The van der Waals surface area contributed by atoms with Crippen LogP contribution in [0.3, 0.4) is 0 Å². The molecule has 0 rings (SSSR count). The molecule has 136 valence electrons. The van der Waals surface area contributed by atoms with Gasteiger partial charge in [0.05, 0.1) is 6.61 Å². The molecule has 1 unspecified atom stereocenters. The third kappa shape index (κ3) is 8.39. The Morgan fingerprint density at radius 1 is 1.04 bits per heavy atom. The average molecular weight is 338 g/mol. The lowest BCUT2D eigenvalue weighted by atomic mass is 9.98. The van der Waals surface area contributed by atoms with Gasteiger partial charge in [0, 0.05) is 12.2 Å². The van der Waals surface area contributed by atoms with Gasteiger partial charge in [0.1, 0.15) is 0 Å². The second-order valence-electron chi connectivity index (χ2n) is 6.24. The standard InChI is InChI=1S/C21H32F2O/c1-8-20(22)21(23)19(14-24-9-2)18(7)13-12-17(6)16(5)11-10-15(3)4/h8,10-13,15-16H,9,14H2,1-7H3/b11-10-,17-12+,18-13+,20-8+,21-19-. The minimum Gasteiger partial charge on any atom is -0.377 e. The Morgan fingerprint density at radius 2 is 1.67 bits per heavy atom. The molecule has 0 aliphatic carbocycles. The van der Waals surface area contributed by atoms with E-state index in [2.05, 4.69) is 32.9 Å². The number of ether oxygens (including phenoxy) is 1. The molecule has 0 N–H and O–H groups in total. The van der Waals surface area contributed by atoms with Crippen LogP contribution in [0.2, 0.25) is 0 Å². The van der Waals surface area contributed by atoms with Crippen molar-refractivity contribution in [1.29, 1.82) is 0 Å². The van der Waals surface area contributed by atoms with Crippen LogP contribution in [0.25, 0.3) is 0 Å². The highest BCUT2D eigenvalue weighted by Gasteiger charge is 2.13. The Balaban J connectivity index is 5.45. The first-order chi connectivity index (χ1) is 11.2. The molecule has 24 heavy (non-hydrogen) atoms. The highest BCUT2D eigenvalue weighted by atomic mass is 19.2. The minimum atomic E-state index is -0.855. The molecule has 0 amide bonds. The maximum atomic E-state index is 14.2. The van der Waals surface area contributed by atoms with Crippen LogP contribution in [0.5, 0.6) is 0 Å². The smallest absolute Gasteiger partial charge is 0.164 e. The lowest BCUT2D eigenvalue weighted by Gasteiger charge is -2.11. The average Bonchev–Trinajstić information content (AvgIpc) is 2.56. The summed E-state index contributed by atoms with van der Waals surface area (Å²) >= 11 is 0. The Hall–Kier alpha value is -1.48. The first kappa shape index (κ1) is 22.5. The van der Waals surface area contributed by atoms with Crippen molar-refractivity contribution in [2.75, 3.05) is 13.2 Å². The summed E-state index contributed by atoms with van der Waals surface area (Å²) in [5.41, 5.74) is 2.08. The van der Waals surface area contributed by atoms with Gasteiger partial charge < -0.3 is 4.74 Å². The molecule has 1 nitrogen and oxygen atoms in total. The quantitative estimate of drug-likeness (QED) is 0.329. The molecule has 3 heteroatoms. The van der Waals surface area contributed by atoms with Gasteiger partial charge in [-0.25, -0.2) is 8.78 Å². The number of rotatable bonds is 9. The van der Waals surface area contributed by atoms with Crippen molar-refractivity contribution in [1.82, 2.24) is 0 Å². The van der Waals surface area contributed by atoms with Crippen molar-refractivity contribution >= 4 is 0 Å². The molecule has 0 aromatic rings. The van der Waals surface area contributed by atoms with E-state index in [1.165, 1.54) is 6.92 Å². The zero-order chi connectivity index (χ0) is 18.7. The van der Waals surface area contributed by atoms with Gasteiger partial charge in [-0.2, -0.15) is 0 Å². The maximum Gasteiger partial charge on any atom is 0.164 e. The van der Waals surface area contributed by atoms with Gasteiger partial charge >= 0.3 is 0 Å². The molecular formula is C21H32F2O. The van der Waals surface area contributed by atoms with E-state index in [0.29, 0.717) is 24.0 Å². The summed E-state index contributed by atoms with van der Waals surface area (Å²) in [6.45, 7) is 14.0. The van der Waals surface area contributed by atoms with E-state index in [-0.39, 0.29) is 12.2 Å². The largest absolute Gasteiger partial charge is 0.377 e. The molecule has 0 radical (unpaired) electrons. The molecule has 0 aromatic heterocycles. The van der Waals surface area contributed by atoms with E-state index < -0.39 is 11.7 Å². The van der Waals surface area contributed by atoms with Gasteiger partial charge in [0.15, 0.2) is 11.7 Å².